The Morgan fingerprint density at radius 1 is 1.23 bits per heavy atom. The molecule has 0 saturated carbocycles. The molecule has 3 rings (SSSR count). The van der Waals surface area contributed by atoms with Crippen LogP contribution in [0.4, 0.5) is 5.69 Å². The third kappa shape index (κ3) is 3.51. The van der Waals surface area contributed by atoms with Crippen molar-refractivity contribution in [2.45, 2.75) is 0 Å². The lowest BCUT2D eigenvalue weighted by molar-refractivity contribution is 0.0697. The number of benzene rings is 1. The first kappa shape index (κ1) is 17.1. The van der Waals surface area contributed by atoms with Crippen molar-refractivity contribution in [2.75, 3.05) is 0 Å². The van der Waals surface area contributed by atoms with Crippen molar-refractivity contribution in [3.8, 4) is 22.6 Å². The number of carboxylic acids is 1. The van der Waals surface area contributed by atoms with Crippen molar-refractivity contribution in [3.05, 3.63) is 66.8 Å². The van der Waals surface area contributed by atoms with E-state index in [1.807, 2.05) is 35.9 Å². The fraction of sp³-hybridized carbons (Fsp3) is 0.0526. The molecule has 0 saturated heterocycles. The number of carbonyl (C=O) groups is 1. The van der Waals surface area contributed by atoms with Crippen LogP contribution >= 0.6 is 0 Å². The fourth-order valence-electron chi connectivity index (χ4n) is 2.54. The van der Waals surface area contributed by atoms with Crippen molar-refractivity contribution < 1.29 is 9.90 Å². The third-order valence-corrected chi connectivity index (χ3v) is 3.75. The molecule has 0 aliphatic heterocycles. The maximum Gasteiger partial charge on any atom is 0.335 e. The number of aliphatic imine (C=N–C) groups is 1. The van der Waals surface area contributed by atoms with Crippen LogP contribution in [0.3, 0.4) is 0 Å². The van der Waals surface area contributed by atoms with E-state index in [4.69, 9.17) is 5.73 Å². The van der Waals surface area contributed by atoms with Gasteiger partial charge in [-0.3, -0.25) is 9.98 Å². The maximum atomic E-state index is 11.2. The molecule has 3 aromatic rings. The minimum atomic E-state index is -1.00. The second-order valence-electron chi connectivity index (χ2n) is 5.50. The first-order chi connectivity index (χ1) is 12.6. The highest BCUT2D eigenvalue weighted by Gasteiger charge is 2.16. The summed E-state index contributed by atoms with van der Waals surface area (Å²) in [7, 11) is 1.88. The first-order valence-corrected chi connectivity index (χ1v) is 7.82. The fourth-order valence-corrected chi connectivity index (χ4v) is 2.54. The number of allylic oxidation sites excluding steroid dienone is 1. The molecule has 3 N–H and O–H groups in total. The van der Waals surface area contributed by atoms with Gasteiger partial charge in [-0.05, 0) is 36.5 Å². The zero-order valence-corrected chi connectivity index (χ0v) is 14.1. The van der Waals surface area contributed by atoms with E-state index in [9.17, 15) is 9.90 Å². The Morgan fingerprint density at radius 2 is 2.00 bits per heavy atom. The van der Waals surface area contributed by atoms with Crippen LogP contribution < -0.4 is 5.73 Å². The normalized spacial score (nSPS) is 11.4. The second-order valence-corrected chi connectivity index (χ2v) is 5.50. The van der Waals surface area contributed by atoms with E-state index < -0.39 is 5.97 Å². The molecule has 26 heavy (non-hydrogen) atoms. The summed E-state index contributed by atoms with van der Waals surface area (Å²) in [5, 5.41) is 9.19. The van der Waals surface area contributed by atoms with Gasteiger partial charge in [-0.25, -0.2) is 9.78 Å². The Kier molecular flexibility index (Phi) is 4.89. The molecule has 0 spiro atoms. The number of aryl methyl sites for hydroxylation is 1. The van der Waals surface area contributed by atoms with Gasteiger partial charge in [0.05, 0.1) is 29.0 Å². The number of hydrogen-bond donors (Lipinski definition) is 2. The molecule has 2 aromatic heterocycles. The summed E-state index contributed by atoms with van der Waals surface area (Å²) in [6, 6.07) is 10.6. The van der Waals surface area contributed by atoms with E-state index in [0.717, 1.165) is 16.9 Å². The van der Waals surface area contributed by atoms with Crippen LogP contribution in [0.25, 0.3) is 22.6 Å². The third-order valence-electron chi connectivity index (χ3n) is 3.75. The van der Waals surface area contributed by atoms with E-state index in [0.29, 0.717) is 11.4 Å². The summed E-state index contributed by atoms with van der Waals surface area (Å²) in [4.78, 5) is 24.1. The highest BCUT2D eigenvalue weighted by atomic mass is 16.4. The van der Waals surface area contributed by atoms with E-state index in [2.05, 4.69) is 15.0 Å². The molecular weight excluding hydrogens is 330 g/mol. The number of nitrogens with zero attached hydrogens (tertiary/aromatic N) is 4. The Labute approximate surface area is 150 Å². The quantitative estimate of drug-likeness (QED) is 0.690. The molecule has 0 fully saturated rings. The van der Waals surface area contributed by atoms with Crippen molar-refractivity contribution >= 4 is 17.9 Å². The number of aromatic nitrogens is 3. The monoisotopic (exact) mass is 347 g/mol. The van der Waals surface area contributed by atoms with Crippen LogP contribution in [0.15, 0.2) is 66.2 Å². The average molecular weight is 347 g/mol. The largest absolute Gasteiger partial charge is 0.478 e. The summed E-state index contributed by atoms with van der Waals surface area (Å²) in [5.41, 5.74) is 9.14. The number of rotatable bonds is 5. The lowest BCUT2D eigenvalue weighted by Gasteiger charge is -2.07. The summed E-state index contributed by atoms with van der Waals surface area (Å²) in [6.45, 7) is 0. The number of aromatic carboxylic acids is 1. The van der Waals surface area contributed by atoms with Gasteiger partial charge in [-0.15, -0.1) is 0 Å². The van der Waals surface area contributed by atoms with E-state index in [1.54, 1.807) is 18.6 Å². The van der Waals surface area contributed by atoms with Gasteiger partial charge in [0.15, 0.2) is 0 Å². The predicted octanol–water partition coefficient (Wildman–Crippen LogP) is 3.02. The molecule has 0 unspecified atom stereocenters. The Bertz CT molecular complexity index is 987. The lowest BCUT2D eigenvalue weighted by Crippen LogP contribution is -1.98. The molecule has 0 aliphatic carbocycles. The molecule has 2 heterocycles. The average Bonchev–Trinajstić information content (AvgIpc) is 3.04. The topological polar surface area (TPSA) is 106 Å². The van der Waals surface area contributed by atoms with Gasteiger partial charge in [0, 0.05) is 25.0 Å². The van der Waals surface area contributed by atoms with Gasteiger partial charge in [0.2, 0.25) is 0 Å². The molecule has 130 valence electrons. The van der Waals surface area contributed by atoms with Gasteiger partial charge >= 0.3 is 5.97 Å². The van der Waals surface area contributed by atoms with Gasteiger partial charge in [0.1, 0.15) is 5.69 Å². The van der Waals surface area contributed by atoms with Crippen molar-refractivity contribution in [1.29, 1.82) is 0 Å². The molecule has 0 amide bonds. The Balaban J connectivity index is 2.01. The van der Waals surface area contributed by atoms with Crippen molar-refractivity contribution in [1.82, 2.24) is 14.5 Å². The highest BCUT2D eigenvalue weighted by Crippen LogP contribution is 2.31. The molecule has 0 radical (unpaired) electrons. The van der Waals surface area contributed by atoms with Crippen molar-refractivity contribution in [3.63, 3.8) is 0 Å². The zero-order valence-electron chi connectivity index (χ0n) is 14.1. The Hall–Kier alpha value is -3.74. The molecule has 1 aromatic carbocycles. The van der Waals surface area contributed by atoms with E-state index >= 15 is 0 Å². The van der Waals surface area contributed by atoms with Crippen LogP contribution in [0.1, 0.15) is 10.4 Å². The number of hydrogen-bond acceptors (Lipinski definition) is 5. The molecule has 0 aliphatic rings. The predicted molar refractivity (Wildman–Crippen MR) is 100 cm³/mol. The van der Waals surface area contributed by atoms with Crippen LogP contribution in [0.2, 0.25) is 0 Å². The van der Waals surface area contributed by atoms with Crippen LogP contribution in [0, 0.1) is 0 Å². The van der Waals surface area contributed by atoms with Crippen LogP contribution in [-0.2, 0) is 7.05 Å². The highest BCUT2D eigenvalue weighted by molar-refractivity contribution is 5.89. The van der Waals surface area contributed by atoms with Gasteiger partial charge in [-0.1, -0.05) is 12.1 Å². The standard InChI is InChI=1S/C19H17N5O2/c1-24-12-23-17(16-11-14(19(25)26)7-10-22-16)18(24)13-3-5-15(6-4-13)21-9-2-8-20/h2-12H,20H2,1H3,(H,25,26). The molecule has 0 atom stereocenters. The van der Waals surface area contributed by atoms with Gasteiger partial charge < -0.3 is 15.4 Å². The minimum absolute atomic E-state index is 0.171. The molecule has 7 heteroatoms. The van der Waals surface area contributed by atoms with E-state index in [-0.39, 0.29) is 5.56 Å². The molecule has 0 bridgehead atoms. The van der Waals surface area contributed by atoms with E-state index in [1.165, 1.54) is 24.5 Å². The van der Waals surface area contributed by atoms with Crippen LogP contribution in [0.5, 0.6) is 0 Å². The number of imidazole rings is 1. The number of pyridine rings is 1. The summed E-state index contributed by atoms with van der Waals surface area (Å²) >= 11 is 0. The first-order valence-electron chi connectivity index (χ1n) is 7.82. The summed E-state index contributed by atoms with van der Waals surface area (Å²) in [6.07, 6.45) is 7.83. The summed E-state index contributed by atoms with van der Waals surface area (Å²) < 4.78 is 1.87. The van der Waals surface area contributed by atoms with Crippen LogP contribution in [-0.4, -0.2) is 31.8 Å². The van der Waals surface area contributed by atoms with Gasteiger partial charge in [0.25, 0.3) is 0 Å². The number of nitrogens with two attached hydrogens (primary N) is 1. The molecule has 7 nitrogen and oxygen atoms in total. The summed E-state index contributed by atoms with van der Waals surface area (Å²) in [5.74, 6) is -1.00. The molecular formula is C19H17N5O2. The smallest absolute Gasteiger partial charge is 0.335 e. The van der Waals surface area contributed by atoms with Crippen molar-refractivity contribution in [2.24, 2.45) is 17.8 Å². The maximum absolute atomic E-state index is 11.2. The zero-order chi connectivity index (χ0) is 18.5. The number of carboxylic acid groups (broad SMARTS) is 1. The second kappa shape index (κ2) is 7.43. The lowest BCUT2D eigenvalue weighted by atomic mass is 10.1. The Morgan fingerprint density at radius 3 is 2.69 bits per heavy atom. The van der Waals surface area contributed by atoms with Gasteiger partial charge in [-0.2, -0.15) is 0 Å². The minimum Gasteiger partial charge on any atom is -0.478 e. The SMILES string of the molecule is Cn1cnc(-c2cc(C(=O)O)ccn2)c1-c1ccc(N=CC=CN)cc1.